The minimum atomic E-state index is -2.94. The first kappa shape index (κ1) is 14.3. The van der Waals surface area contributed by atoms with Crippen molar-refractivity contribution < 1.29 is 8.42 Å². The van der Waals surface area contributed by atoms with E-state index < -0.39 is 15.4 Å². The van der Waals surface area contributed by atoms with Gasteiger partial charge in [0.25, 0.3) is 0 Å². The summed E-state index contributed by atoms with van der Waals surface area (Å²) in [7, 11) is -2.94. The zero-order valence-corrected chi connectivity index (χ0v) is 12.7. The molecule has 0 radical (unpaired) electrons. The van der Waals surface area contributed by atoms with E-state index in [1.807, 2.05) is 32.0 Å². The van der Waals surface area contributed by atoms with Crippen LogP contribution in [0.15, 0.2) is 18.2 Å². The molecule has 1 aliphatic heterocycles. The summed E-state index contributed by atoms with van der Waals surface area (Å²) in [6.07, 6.45) is 0.597. The lowest BCUT2D eigenvalue weighted by Crippen LogP contribution is -2.36. The van der Waals surface area contributed by atoms with Crippen LogP contribution in [0.3, 0.4) is 0 Å². The molecular weight excluding hydrogens is 280 g/mol. The number of rotatable bonds is 3. The molecule has 1 aliphatic rings. The SMILES string of the molecule is Cc1ccc(C(N)=S)c(NC2(C)CCS(=O)(=O)C2)c1. The Labute approximate surface area is 119 Å². The van der Waals surface area contributed by atoms with E-state index in [0.29, 0.717) is 11.4 Å². The molecular formula is C13H18N2O2S2. The van der Waals surface area contributed by atoms with E-state index in [9.17, 15) is 8.42 Å². The van der Waals surface area contributed by atoms with Crippen molar-refractivity contribution in [2.24, 2.45) is 5.73 Å². The molecule has 1 aromatic rings. The average molecular weight is 298 g/mol. The lowest BCUT2D eigenvalue weighted by atomic mass is 10.00. The van der Waals surface area contributed by atoms with Crippen LogP contribution in [-0.4, -0.2) is 30.5 Å². The third-order valence-corrected chi connectivity index (χ3v) is 5.50. The van der Waals surface area contributed by atoms with Crippen molar-refractivity contribution >= 4 is 32.7 Å². The van der Waals surface area contributed by atoms with Crippen LogP contribution in [0.25, 0.3) is 0 Å². The van der Waals surface area contributed by atoms with E-state index in [1.165, 1.54) is 0 Å². The highest BCUT2D eigenvalue weighted by atomic mass is 32.2. The van der Waals surface area contributed by atoms with Gasteiger partial charge >= 0.3 is 0 Å². The van der Waals surface area contributed by atoms with E-state index in [2.05, 4.69) is 5.32 Å². The molecule has 0 aliphatic carbocycles. The molecule has 3 N–H and O–H groups in total. The van der Waals surface area contributed by atoms with Gasteiger partial charge in [-0.15, -0.1) is 0 Å². The van der Waals surface area contributed by atoms with E-state index in [-0.39, 0.29) is 11.5 Å². The van der Waals surface area contributed by atoms with Gasteiger partial charge in [-0.05, 0) is 38.0 Å². The van der Waals surface area contributed by atoms with E-state index in [4.69, 9.17) is 18.0 Å². The van der Waals surface area contributed by atoms with Gasteiger partial charge in [0, 0.05) is 16.8 Å². The summed E-state index contributed by atoms with van der Waals surface area (Å²) in [5, 5.41) is 3.32. The predicted octanol–water partition coefficient (Wildman–Crippen LogP) is 1.62. The van der Waals surface area contributed by atoms with E-state index in [1.54, 1.807) is 0 Å². The molecule has 0 spiro atoms. The summed E-state index contributed by atoms with van der Waals surface area (Å²) in [4.78, 5) is 0.312. The van der Waals surface area contributed by atoms with Gasteiger partial charge in [0.05, 0.1) is 11.5 Å². The molecule has 19 heavy (non-hydrogen) atoms. The number of nitrogens with two attached hydrogens (primary N) is 1. The van der Waals surface area contributed by atoms with Crippen molar-refractivity contribution in [1.82, 2.24) is 0 Å². The average Bonchev–Trinajstić information content (AvgIpc) is 2.52. The highest BCUT2D eigenvalue weighted by Crippen LogP contribution is 2.29. The Bertz CT molecular complexity index is 626. The predicted molar refractivity (Wildman–Crippen MR) is 82.4 cm³/mol. The van der Waals surface area contributed by atoms with Crippen molar-refractivity contribution in [2.45, 2.75) is 25.8 Å². The first-order chi connectivity index (χ1) is 8.71. The highest BCUT2D eigenvalue weighted by Gasteiger charge is 2.38. The lowest BCUT2D eigenvalue weighted by Gasteiger charge is -2.27. The summed E-state index contributed by atoms with van der Waals surface area (Å²) in [5.41, 5.74) is 7.90. The number of nitrogens with one attached hydrogen (secondary N) is 1. The molecule has 0 saturated carbocycles. The summed E-state index contributed by atoms with van der Waals surface area (Å²) in [5.74, 6) is 0.370. The van der Waals surface area contributed by atoms with Crippen LogP contribution < -0.4 is 11.1 Å². The third-order valence-electron chi connectivity index (χ3n) is 3.38. The Balaban J connectivity index is 2.33. The zero-order valence-electron chi connectivity index (χ0n) is 11.1. The quantitative estimate of drug-likeness (QED) is 0.830. The topological polar surface area (TPSA) is 72.2 Å². The minimum Gasteiger partial charge on any atom is -0.389 e. The summed E-state index contributed by atoms with van der Waals surface area (Å²) < 4.78 is 23.3. The first-order valence-corrected chi connectivity index (χ1v) is 8.33. The molecule has 4 nitrogen and oxygen atoms in total. The van der Waals surface area contributed by atoms with Gasteiger partial charge in [-0.2, -0.15) is 0 Å². The Morgan fingerprint density at radius 2 is 2.16 bits per heavy atom. The number of benzene rings is 1. The van der Waals surface area contributed by atoms with Gasteiger partial charge in [-0.25, -0.2) is 8.42 Å². The molecule has 0 aromatic heterocycles. The fourth-order valence-electron chi connectivity index (χ4n) is 2.41. The largest absolute Gasteiger partial charge is 0.389 e. The number of hydrogen-bond acceptors (Lipinski definition) is 4. The van der Waals surface area contributed by atoms with Crippen LogP contribution in [0.2, 0.25) is 0 Å². The van der Waals surface area contributed by atoms with Crippen molar-refractivity contribution in [3.8, 4) is 0 Å². The van der Waals surface area contributed by atoms with Crippen LogP contribution in [0, 0.1) is 6.92 Å². The second-order valence-electron chi connectivity index (χ2n) is 5.44. The number of thiocarbonyl (C=S) groups is 1. The lowest BCUT2D eigenvalue weighted by molar-refractivity contribution is 0.574. The standard InChI is InChI=1S/C13H18N2O2S2/c1-9-3-4-10(12(14)18)11(7-9)15-13(2)5-6-19(16,17)8-13/h3-4,7,15H,5-6,8H2,1-2H3,(H2,14,18). The molecule has 0 amide bonds. The van der Waals surface area contributed by atoms with Crippen LogP contribution in [0.1, 0.15) is 24.5 Å². The van der Waals surface area contributed by atoms with E-state index >= 15 is 0 Å². The molecule has 1 aromatic carbocycles. The van der Waals surface area contributed by atoms with Crippen molar-refractivity contribution in [1.29, 1.82) is 0 Å². The second-order valence-corrected chi connectivity index (χ2v) is 8.06. The van der Waals surface area contributed by atoms with Gasteiger partial charge in [-0.3, -0.25) is 0 Å². The van der Waals surface area contributed by atoms with Gasteiger partial charge < -0.3 is 11.1 Å². The fraction of sp³-hybridized carbons (Fsp3) is 0.462. The van der Waals surface area contributed by atoms with Crippen LogP contribution in [-0.2, 0) is 9.84 Å². The molecule has 1 heterocycles. The third kappa shape index (κ3) is 3.25. The maximum absolute atomic E-state index is 11.6. The van der Waals surface area contributed by atoms with Crippen LogP contribution in [0.5, 0.6) is 0 Å². The van der Waals surface area contributed by atoms with Gasteiger partial charge in [0.2, 0.25) is 0 Å². The summed E-state index contributed by atoms with van der Waals surface area (Å²) in [6, 6.07) is 5.75. The smallest absolute Gasteiger partial charge is 0.152 e. The maximum atomic E-state index is 11.6. The Morgan fingerprint density at radius 3 is 2.68 bits per heavy atom. The molecule has 104 valence electrons. The number of anilines is 1. The Morgan fingerprint density at radius 1 is 1.47 bits per heavy atom. The monoisotopic (exact) mass is 298 g/mol. The number of sulfone groups is 1. The van der Waals surface area contributed by atoms with Gasteiger partial charge in [-0.1, -0.05) is 18.3 Å². The second kappa shape index (κ2) is 4.76. The van der Waals surface area contributed by atoms with E-state index in [0.717, 1.165) is 16.8 Å². The van der Waals surface area contributed by atoms with Crippen LogP contribution in [0.4, 0.5) is 5.69 Å². The molecule has 1 atom stereocenters. The number of aryl methyl sites for hydroxylation is 1. The van der Waals surface area contributed by atoms with Crippen molar-refractivity contribution in [3.05, 3.63) is 29.3 Å². The molecule has 1 saturated heterocycles. The minimum absolute atomic E-state index is 0.144. The molecule has 1 unspecified atom stereocenters. The molecule has 2 rings (SSSR count). The van der Waals surface area contributed by atoms with Gasteiger partial charge in [0.1, 0.15) is 4.99 Å². The molecule has 1 fully saturated rings. The number of hydrogen-bond donors (Lipinski definition) is 2. The zero-order chi connectivity index (χ0) is 14.3. The van der Waals surface area contributed by atoms with Gasteiger partial charge in [0.15, 0.2) is 9.84 Å². The van der Waals surface area contributed by atoms with Crippen molar-refractivity contribution in [2.75, 3.05) is 16.8 Å². The summed E-state index contributed by atoms with van der Waals surface area (Å²) in [6.45, 7) is 3.89. The molecule has 0 bridgehead atoms. The molecule has 6 heteroatoms. The fourth-order valence-corrected chi connectivity index (χ4v) is 4.68. The summed E-state index contributed by atoms with van der Waals surface area (Å²) >= 11 is 5.03. The Kier molecular flexibility index (Phi) is 3.57. The first-order valence-electron chi connectivity index (χ1n) is 6.10. The normalized spacial score (nSPS) is 25.2. The highest BCUT2D eigenvalue weighted by molar-refractivity contribution is 7.91. The Hall–Kier alpha value is -1.14. The van der Waals surface area contributed by atoms with Crippen LogP contribution >= 0.6 is 12.2 Å². The van der Waals surface area contributed by atoms with Crippen molar-refractivity contribution in [3.63, 3.8) is 0 Å². The maximum Gasteiger partial charge on any atom is 0.152 e.